The summed E-state index contributed by atoms with van der Waals surface area (Å²) < 4.78 is 121. The van der Waals surface area contributed by atoms with Gasteiger partial charge in [-0.3, -0.25) is 0 Å². The van der Waals surface area contributed by atoms with Crippen LogP contribution in [-0.4, -0.2) is 273 Å². The van der Waals surface area contributed by atoms with Gasteiger partial charge < -0.3 is 107 Å². The molecule has 4 aromatic rings. The van der Waals surface area contributed by atoms with Gasteiger partial charge in [0.2, 0.25) is 0 Å². The van der Waals surface area contributed by atoms with Crippen LogP contribution in [0.4, 0.5) is 49.9 Å². The number of carbonyl (C=O) groups excluding carboxylic acids is 4. The Bertz CT molecular complexity index is 4000. The van der Waals surface area contributed by atoms with E-state index in [1.807, 2.05) is 26.0 Å². The van der Waals surface area contributed by atoms with Crippen LogP contribution in [0.15, 0.2) is 91.0 Å². The summed E-state index contributed by atoms with van der Waals surface area (Å²) in [7, 11) is 14.0. The van der Waals surface area contributed by atoms with Crippen molar-refractivity contribution in [2.45, 2.75) is 322 Å². The average Bonchev–Trinajstić information content (AvgIpc) is 0.896. The molecule has 12 rings (SSSR count). The minimum absolute atomic E-state index is 0.0384. The monoisotopic (exact) mass is 2040 g/mol. The summed E-state index contributed by atoms with van der Waals surface area (Å²) in [6, 6.07) is 22.2. The Morgan fingerprint density at radius 2 is 0.632 bits per heavy atom. The lowest BCUT2D eigenvalue weighted by atomic mass is 9.74. The van der Waals surface area contributed by atoms with Crippen LogP contribution < -0.4 is 42.5 Å². The number of hydrogen-bond acceptors (Lipinski definition) is 17. The van der Waals surface area contributed by atoms with Gasteiger partial charge in [0.05, 0.1) is 34.6 Å². The molecule has 0 spiro atoms. The highest BCUT2D eigenvalue weighted by atomic mass is 19.2. The number of urea groups is 4. The third-order valence-electron chi connectivity index (χ3n) is 32.5. The number of ether oxygens (including phenoxy) is 4. The zero-order valence-electron chi connectivity index (χ0n) is 88.2. The minimum atomic E-state index is -1.62. The van der Waals surface area contributed by atoms with Gasteiger partial charge >= 0.3 is 24.1 Å². The molecule has 8 aliphatic rings. The highest BCUT2D eigenvalue weighted by Gasteiger charge is 2.49. The number of aliphatic hydroxyl groups excluding tert-OH is 1. The third-order valence-corrected chi connectivity index (χ3v) is 32.5. The lowest BCUT2D eigenvalue weighted by Gasteiger charge is -2.43. The molecule has 4 heterocycles. The molecule has 0 bridgehead atoms. The van der Waals surface area contributed by atoms with E-state index in [0.717, 1.165) is 153 Å². The van der Waals surface area contributed by atoms with Crippen molar-refractivity contribution in [1.29, 1.82) is 0 Å². The van der Waals surface area contributed by atoms with E-state index in [2.05, 4.69) is 49.5 Å². The number of rotatable bonds is 48. The van der Waals surface area contributed by atoms with Gasteiger partial charge in [-0.2, -0.15) is 0 Å². The van der Waals surface area contributed by atoms with Crippen molar-refractivity contribution in [3.63, 3.8) is 0 Å². The summed E-state index contributed by atoms with van der Waals surface area (Å²) in [6.07, 6.45) is 28.6. The number of unbranched alkanes of at least 4 members (excludes halogenated alkanes) is 4. The van der Waals surface area contributed by atoms with Crippen molar-refractivity contribution < 1.29 is 94.4 Å². The van der Waals surface area contributed by atoms with Crippen LogP contribution in [0.1, 0.15) is 280 Å². The molecule has 4 saturated heterocycles. The van der Waals surface area contributed by atoms with Crippen molar-refractivity contribution in [1.82, 2.24) is 62.1 Å². The van der Waals surface area contributed by atoms with Crippen LogP contribution in [0.3, 0.4) is 0 Å². The van der Waals surface area contributed by atoms with E-state index in [9.17, 15) is 75.4 Å². The first kappa shape index (κ1) is 120. The summed E-state index contributed by atoms with van der Waals surface area (Å²) in [5, 5.41) is 83.8. The molecular formula is C112H181F7N12O13. The Labute approximate surface area is 855 Å². The number of carbonyl (C=O) groups is 4. The first-order valence-corrected chi connectivity index (χ1v) is 54.7. The van der Waals surface area contributed by atoms with Crippen molar-refractivity contribution >= 4 is 24.1 Å². The maximum atomic E-state index is 14.9. The maximum Gasteiger partial charge on any atom is 0.317 e. The first-order chi connectivity index (χ1) is 69.4. The molecule has 4 aliphatic heterocycles. The number of halogens is 7. The Balaban J connectivity index is 0.000000214. The van der Waals surface area contributed by atoms with Crippen LogP contribution in [-0.2, 0) is 41.4 Å². The zero-order valence-corrected chi connectivity index (χ0v) is 88.2. The highest BCUT2D eigenvalue weighted by Crippen LogP contribution is 2.47. The van der Waals surface area contributed by atoms with Crippen LogP contribution in [0, 0.1) is 82.3 Å². The maximum absolute atomic E-state index is 14.9. The Hall–Kier alpha value is -7.05. The van der Waals surface area contributed by atoms with Gasteiger partial charge in [0.1, 0.15) is 29.8 Å². The van der Waals surface area contributed by atoms with Crippen LogP contribution in [0.5, 0.6) is 0 Å². The number of benzene rings is 4. The van der Waals surface area contributed by atoms with Crippen LogP contribution in [0.25, 0.3) is 0 Å². The number of nitrogens with one attached hydrogen (secondary N) is 8. The molecule has 8 amide bonds. The highest BCUT2D eigenvalue weighted by molar-refractivity contribution is 5.76. The van der Waals surface area contributed by atoms with Gasteiger partial charge in [-0.25, -0.2) is 49.9 Å². The largest absolute Gasteiger partial charge is 0.391 e. The number of methoxy groups -OCH3 is 4. The van der Waals surface area contributed by atoms with Gasteiger partial charge in [-0.1, -0.05) is 112 Å². The van der Waals surface area contributed by atoms with Crippen molar-refractivity contribution in [2.75, 3.05) is 162 Å². The number of hydrogen-bond donors (Lipinski definition) is 13. The topological polar surface area (TPSA) is 316 Å². The Kier molecular flexibility index (Phi) is 52.9. The lowest BCUT2D eigenvalue weighted by Crippen LogP contribution is -2.57. The molecule has 0 unspecified atom stereocenters. The molecular weight excluding hydrogens is 1850 g/mol. The molecule has 816 valence electrons. The molecule has 13 atom stereocenters. The smallest absolute Gasteiger partial charge is 0.317 e. The number of likely N-dealkylation sites (tertiary alicyclic amines) is 4. The molecule has 4 aliphatic carbocycles. The van der Waals surface area contributed by atoms with Crippen molar-refractivity contribution in [2.24, 2.45) is 53.3 Å². The molecule has 8 fully saturated rings. The number of amides is 8. The number of likely N-dealkylation sites (N-methyl/N-ethyl adjacent to an activating group) is 4. The third kappa shape index (κ3) is 36.7. The summed E-state index contributed by atoms with van der Waals surface area (Å²) in [5.41, 5.74) is -4.74. The van der Waals surface area contributed by atoms with E-state index in [-0.39, 0.29) is 90.3 Å². The van der Waals surface area contributed by atoms with E-state index in [1.165, 1.54) is 56.0 Å². The fraction of sp³-hybridized carbons (Fsp3) is 0.750. The normalized spacial score (nSPS) is 24.5. The standard InChI is InChI=1S/C29H48FN3O3.2C28H45F2N3O3.C27H43F2N3O4/c1-22-12-14-23(15-13-22)19-25(20-31-2)32-28(34)33-17-8-9-24(21-33)29(35,16-6-7-18-36-3)26-10-4-5-11-27(26)30;2*1-31-19-24(18-21-11-13-23(29)14-12-21)32-27(34)33-16-7-8-22(20-33)28(35,15-5-6-17-36-2)25-9-3-4-10-26(25)30;1-30-17-23(25(33)19-9-3-4-10-19)31-26(34)32-15-8-11-20(18-32)27(35,14-5-6-16-36-2)21-12-7-13-22(28)24(21)29/h4-5,10-11,22-25,31,35H,6-9,12-21H2,1-3H3,(H,32,34);2*3-4,9-10,21-24,31,35H,5-8,11-20H2,1-2H3,(H,32,34);7,12-13,19-20,23,25,30,33,35H,3-6,8-11,14-18H2,1-2H3,(H,31,34)/t22?,23?,24-,25+,29+;21?,22-,23?,24+,28+;21?,22-,23?,24+,28-;20-,23-,25+,27+/m1111/s1. The van der Waals surface area contributed by atoms with E-state index in [4.69, 9.17) is 18.9 Å². The molecule has 144 heavy (non-hydrogen) atoms. The minimum Gasteiger partial charge on any atom is -0.391 e. The van der Waals surface area contributed by atoms with Gasteiger partial charge in [0.15, 0.2) is 11.6 Å². The summed E-state index contributed by atoms with van der Waals surface area (Å²) in [6.45, 7) is 10.9. The summed E-state index contributed by atoms with van der Waals surface area (Å²) in [4.78, 5) is 60.3. The molecule has 25 nitrogen and oxygen atoms in total. The number of nitrogens with zero attached hydrogens (tertiary/aromatic N) is 4. The summed E-state index contributed by atoms with van der Waals surface area (Å²) >= 11 is 0. The number of piperidine rings is 4. The quantitative estimate of drug-likeness (QED) is 0.0144. The van der Waals surface area contributed by atoms with Gasteiger partial charge in [0, 0.05) is 197 Å². The average molecular weight is 2040 g/mol. The molecule has 0 radical (unpaired) electrons. The fourth-order valence-corrected chi connectivity index (χ4v) is 24.2. The van der Waals surface area contributed by atoms with Crippen molar-refractivity contribution in [3.05, 3.63) is 142 Å². The predicted octanol–water partition coefficient (Wildman–Crippen LogP) is 18.1. The summed E-state index contributed by atoms with van der Waals surface area (Å²) in [5.74, 6) is -1.97. The van der Waals surface area contributed by atoms with Gasteiger partial charge in [0.25, 0.3) is 0 Å². The second-order valence-corrected chi connectivity index (χ2v) is 43.0. The Morgan fingerprint density at radius 3 is 0.931 bits per heavy atom. The Morgan fingerprint density at radius 1 is 0.354 bits per heavy atom. The van der Waals surface area contributed by atoms with Crippen LogP contribution >= 0.6 is 0 Å². The van der Waals surface area contributed by atoms with Gasteiger partial charge in [-0.05, 0) is 294 Å². The first-order valence-electron chi connectivity index (χ1n) is 54.7. The predicted molar refractivity (Wildman–Crippen MR) is 553 cm³/mol. The molecule has 0 aromatic heterocycles. The van der Waals surface area contributed by atoms with E-state index in [0.29, 0.717) is 210 Å². The molecule has 4 aromatic carbocycles. The van der Waals surface area contributed by atoms with E-state index >= 15 is 0 Å². The second-order valence-electron chi connectivity index (χ2n) is 43.0. The molecule has 13 N–H and O–H groups in total. The van der Waals surface area contributed by atoms with Crippen molar-refractivity contribution in [3.8, 4) is 0 Å². The van der Waals surface area contributed by atoms with E-state index < -0.39 is 76.1 Å². The SMILES string of the molecule is CNC[C@@H](NC(=O)N1CCC[C@@H]([C@@](O)(CCCCOC)c2cccc(F)c2F)C1)[C@@H](O)C1CCCC1.CNC[C@H](CC1CCC(C)CC1)NC(=O)N1CCC[C@@H]([C@@](O)(CCCCOC)c2ccccc2F)C1.CNC[C@H](CC1CCC(F)CC1)NC(=O)N1CCC[C@@H]([C@@](O)(CCCCOC)c2ccccc2F)C1.CNC[C@H](CC1CCC(F)CC1)NC(=O)N1CCC[C@@H]([C@](O)(CCCCOC)c2ccccc2F)C1. The lowest BCUT2D eigenvalue weighted by molar-refractivity contribution is -0.0596. The number of aliphatic hydroxyl groups is 5. The fourth-order valence-electron chi connectivity index (χ4n) is 24.2. The molecule has 4 saturated carbocycles. The molecule has 32 heteroatoms. The number of alkyl halides is 2. The van der Waals surface area contributed by atoms with Gasteiger partial charge in [-0.15, -0.1) is 0 Å². The van der Waals surface area contributed by atoms with Crippen LogP contribution in [0.2, 0.25) is 0 Å². The van der Waals surface area contributed by atoms with E-state index in [1.54, 1.807) is 105 Å². The second kappa shape index (κ2) is 63.2. The zero-order chi connectivity index (χ0) is 104.